The van der Waals surface area contributed by atoms with Crippen LogP contribution in [0.15, 0.2) is 78.9 Å². The quantitative estimate of drug-likeness (QED) is 0.346. The standard InChI is InChI=1S/C28H30Cl2N2O3/c1-3-20(2)31-28(34)26(16-21-9-5-4-6-10-21)32(18-22-11-7-12-23(29)15-22)27(33)19-35-25-14-8-13-24(30)17-25/h4-15,17,20,26H,3,16,18-19H2,1-2H3,(H,31,34)/t20-,26+/m0/s1. The monoisotopic (exact) mass is 512 g/mol. The number of ether oxygens (including phenoxy) is 1. The van der Waals surface area contributed by atoms with Crippen LogP contribution in [0.4, 0.5) is 0 Å². The minimum atomic E-state index is -0.735. The van der Waals surface area contributed by atoms with Crippen molar-refractivity contribution in [2.45, 2.75) is 45.3 Å². The van der Waals surface area contributed by atoms with Gasteiger partial charge in [0, 0.05) is 29.1 Å². The topological polar surface area (TPSA) is 58.6 Å². The van der Waals surface area contributed by atoms with Gasteiger partial charge in [-0.1, -0.05) is 78.7 Å². The van der Waals surface area contributed by atoms with Crippen LogP contribution in [-0.2, 0) is 22.6 Å². The second-order valence-corrected chi connectivity index (χ2v) is 9.29. The zero-order valence-electron chi connectivity index (χ0n) is 19.9. The number of rotatable bonds is 11. The number of hydrogen-bond acceptors (Lipinski definition) is 3. The van der Waals surface area contributed by atoms with Gasteiger partial charge in [0.2, 0.25) is 5.91 Å². The summed E-state index contributed by atoms with van der Waals surface area (Å²) in [6.07, 6.45) is 1.15. The molecule has 0 unspecified atom stereocenters. The molecule has 0 aliphatic rings. The summed E-state index contributed by atoms with van der Waals surface area (Å²) < 4.78 is 5.74. The van der Waals surface area contributed by atoms with E-state index in [1.54, 1.807) is 41.3 Å². The van der Waals surface area contributed by atoms with Gasteiger partial charge in [-0.3, -0.25) is 9.59 Å². The lowest BCUT2D eigenvalue weighted by atomic mass is 10.0. The molecule has 3 aromatic rings. The van der Waals surface area contributed by atoms with Crippen molar-refractivity contribution in [3.63, 3.8) is 0 Å². The highest BCUT2D eigenvalue weighted by atomic mass is 35.5. The van der Waals surface area contributed by atoms with Crippen molar-refractivity contribution in [1.29, 1.82) is 0 Å². The van der Waals surface area contributed by atoms with Crippen LogP contribution in [0.25, 0.3) is 0 Å². The highest BCUT2D eigenvalue weighted by Crippen LogP contribution is 2.20. The minimum absolute atomic E-state index is 0.0217. The second-order valence-electron chi connectivity index (χ2n) is 8.42. The maximum Gasteiger partial charge on any atom is 0.261 e. The molecule has 0 radical (unpaired) electrons. The molecule has 3 aromatic carbocycles. The molecule has 2 amide bonds. The first-order valence-corrected chi connectivity index (χ1v) is 12.4. The molecule has 0 fully saturated rings. The molecule has 184 valence electrons. The van der Waals surface area contributed by atoms with Crippen LogP contribution in [0.5, 0.6) is 5.75 Å². The molecule has 35 heavy (non-hydrogen) atoms. The van der Waals surface area contributed by atoms with Gasteiger partial charge in [-0.2, -0.15) is 0 Å². The van der Waals surface area contributed by atoms with Gasteiger partial charge < -0.3 is 15.0 Å². The van der Waals surface area contributed by atoms with Gasteiger partial charge in [0.1, 0.15) is 11.8 Å². The molecule has 0 aliphatic heterocycles. The Morgan fingerprint density at radius 3 is 2.23 bits per heavy atom. The van der Waals surface area contributed by atoms with Crippen molar-refractivity contribution in [3.8, 4) is 5.75 Å². The Bertz CT molecular complexity index is 1120. The zero-order valence-corrected chi connectivity index (χ0v) is 21.4. The highest BCUT2D eigenvalue weighted by Gasteiger charge is 2.31. The third-order valence-corrected chi connectivity index (χ3v) is 6.14. The van der Waals surface area contributed by atoms with E-state index in [0.29, 0.717) is 22.2 Å². The molecule has 5 nitrogen and oxygen atoms in total. The summed E-state index contributed by atoms with van der Waals surface area (Å²) in [5.41, 5.74) is 1.78. The summed E-state index contributed by atoms with van der Waals surface area (Å²) in [4.78, 5) is 28.6. The largest absolute Gasteiger partial charge is 0.484 e. The number of nitrogens with one attached hydrogen (secondary N) is 1. The van der Waals surface area contributed by atoms with Crippen LogP contribution < -0.4 is 10.1 Å². The SMILES string of the molecule is CC[C@H](C)NC(=O)[C@@H](Cc1ccccc1)N(Cc1cccc(Cl)c1)C(=O)COc1cccc(Cl)c1. The molecular formula is C28H30Cl2N2O3. The van der Waals surface area contributed by atoms with Gasteiger partial charge in [-0.05, 0) is 54.8 Å². The molecule has 0 saturated carbocycles. The van der Waals surface area contributed by atoms with Gasteiger partial charge in [-0.25, -0.2) is 0 Å². The van der Waals surface area contributed by atoms with E-state index in [9.17, 15) is 9.59 Å². The normalized spacial score (nSPS) is 12.5. The lowest BCUT2D eigenvalue weighted by Gasteiger charge is -2.32. The van der Waals surface area contributed by atoms with Gasteiger partial charge in [0.15, 0.2) is 6.61 Å². The molecule has 2 atom stereocenters. The number of amides is 2. The molecular weight excluding hydrogens is 483 g/mol. The number of carbonyl (C=O) groups excluding carboxylic acids is 2. The predicted molar refractivity (Wildman–Crippen MR) is 141 cm³/mol. The molecule has 0 saturated heterocycles. The summed E-state index contributed by atoms with van der Waals surface area (Å²) in [5, 5.41) is 4.12. The highest BCUT2D eigenvalue weighted by molar-refractivity contribution is 6.30. The van der Waals surface area contributed by atoms with Crippen LogP contribution in [0.2, 0.25) is 10.0 Å². The Balaban J connectivity index is 1.91. The molecule has 0 aromatic heterocycles. The molecule has 1 N–H and O–H groups in total. The van der Waals surface area contributed by atoms with Crippen molar-refractivity contribution in [2.75, 3.05) is 6.61 Å². The zero-order chi connectivity index (χ0) is 25.2. The first-order valence-electron chi connectivity index (χ1n) is 11.6. The van der Waals surface area contributed by atoms with E-state index in [1.807, 2.05) is 56.3 Å². The van der Waals surface area contributed by atoms with E-state index in [0.717, 1.165) is 17.5 Å². The summed E-state index contributed by atoms with van der Waals surface area (Å²) in [5.74, 6) is -0.0382. The lowest BCUT2D eigenvalue weighted by Crippen LogP contribution is -2.53. The minimum Gasteiger partial charge on any atom is -0.484 e. The first-order chi connectivity index (χ1) is 16.9. The number of benzene rings is 3. The lowest BCUT2D eigenvalue weighted by molar-refractivity contribution is -0.143. The molecule has 7 heteroatoms. The van der Waals surface area contributed by atoms with E-state index in [1.165, 1.54) is 0 Å². The second kappa shape index (κ2) is 13.2. The predicted octanol–water partition coefficient (Wildman–Crippen LogP) is 5.93. The first kappa shape index (κ1) is 26.6. The Morgan fingerprint density at radius 2 is 1.57 bits per heavy atom. The molecule has 0 heterocycles. The molecule has 3 rings (SSSR count). The van der Waals surface area contributed by atoms with Crippen molar-refractivity contribution in [1.82, 2.24) is 10.2 Å². The Hall–Kier alpha value is -3.02. The maximum absolute atomic E-state index is 13.5. The number of nitrogens with zero attached hydrogens (tertiary/aromatic N) is 1. The van der Waals surface area contributed by atoms with Gasteiger partial charge in [0.05, 0.1) is 0 Å². The Labute approximate surface area is 217 Å². The maximum atomic E-state index is 13.5. The third-order valence-electron chi connectivity index (χ3n) is 5.67. The van der Waals surface area contributed by atoms with E-state index < -0.39 is 6.04 Å². The molecule has 0 spiro atoms. The van der Waals surface area contributed by atoms with Crippen molar-refractivity contribution >= 4 is 35.0 Å². The van der Waals surface area contributed by atoms with Crippen LogP contribution in [0.3, 0.4) is 0 Å². The van der Waals surface area contributed by atoms with Gasteiger partial charge in [0.25, 0.3) is 5.91 Å². The fourth-order valence-corrected chi connectivity index (χ4v) is 4.01. The number of hydrogen-bond donors (Lipinski definition) is 1. The summed E-state index contributed by atoms with van der Waals surface area (Å²) in [6, 6.07) is 23.1. The van der Waals surface area contributed by atoms with Gasteiger partial charge >= 0.3 is 0 Å². The summed E-state index contributed by atoms with van der Waals surface area (Å²) in [7, 11) is 0. The fraction of sp³-hybridized carbons (Fsp3) is 0.286. The van der Waals surface area contributed by atoms with Crippen molar-refractivity contribution in [2.24, 2.45) is 0 Å². The number of halogens is 2. The molecule has 0 bridgehead atoms. The van der Waals surface area contributed by atoms with E-state index in [2.05, 4.69) is 5.32 Å². The smallest absolute Gasteiger partial charge is 0.261 e. The fourth-order valence-electron chi connectivity index (χ4n) is 3.61. The van der Waals surface area contributed by atoms with Crippen LogP contribution in [0, 0.1) is 0 Å². The van der Waals surface area contributed by atoms with E-state index in [-0.39, 0.29) is 31.0 Å². The Morgan fingerprint density at radius 1 is 0.914 bits per heavy atom. The molecule has 0 aliphatic carbocycles. The average molecular weight is 513 g/mol. The Kier molecular flexibility index (Phi) is 10.0. The van der Waals surface area contributed by atoms with Crippen molar-refractivity contribution < 1.29 is 14.3 Å². The number of carbonyl (C=O) groups is 2. The van der Waals surface area contributed by atoms with Crippen LogP contribution >= 0.6 is 23.2 Å². The van der Waals surface area contributed by atoms with Crippen LogP contribution in [0.1, 0.15) is 31.4 Å². The third kappa shape index (κ3) is 8.30. The summed E-state index contributed by atoms with van der Waals surface area (Å²) >= 11 is 12.3. The van der Waals surface area contributed by atoms with Crippen LogP contribution in [-0.4, -0.2) is 35.4 Å². The van der Waals surface area contributed by atoms with Crippen molar-refractivity contribution in [3.05, 3.63) is 100 Å². The summed E-state index contributed by atoms with van der Waals surface area (Å²) in [6.45, 7) is 3.93. The van der Waals surface area contributed by atoms with Gasteiger partial charge in [-0.15, -0.1) is 0 Å². The average Bonchev–Trinajstić information content (AvgIpc) is 2.85. The van der Waals surface area contributed by atoms with E-state index in [4.69, 9.17) is 27.9 Å². The van der Waals surface area contributed by atoms with E-state index >= 15 is 0 Å².